The molecule has 2 unspecified atom stereocenters. The molecule has 0 N–H and O–H groups in total. The minimum Gasteiger partial charge on any atom is -0.454 e. The van der Waals surface area contributed by atoms with Crippen LogP contribution in [0.4, 0.5) is 17.1 Å². The van der Waals surface area contributed by atoms with E-state index in [-0.39, 0.29) is 24.1 Å². The molecule has 2 atom stereocenters. The van der Waals surface area contributed by atoms with Gasteiger partial charge in [0.25, 0.3) is 0 Å². The molecule has 5 nitrogen and oxygen atoms in total. The van der Waals surface area contributed by atoms with Gasteiger partial charge in [-0.2, -0.15) is 0 Å². The number of para-hydroxylation sites is 1. The fourth-order valence-corrected chi connectivity index (χ4v) is 5.48. The van der Waals surface area contributed by atoms with E-state index in [1.54, 1.807) is 13.8 Å². The average Bonchev–Trinajstić information content (AvgIpc) is 3.04. The van der Waals surface area contributed by atoms with Crippen molar-refractivity contribution in [1.82, 2.24) is 0 Å². The van der Waals surface area contributed by atoms with Crippen LogP contribution in [-0.2, 0) is 31.9 Å². The monoisotopic (exact) mass is 609 g/mol. The van der Waals surface area contributed by atoms with Gasteiger partial charge in [0.15, 0.2) is 0 Å². The summed E-state index contributed by atoms with van der Waals surface area (Å²) in [5.41, 5.74) is 8.36. The molecule has 0 aliphatic rings. The number of anilines is 3. The van der Waals surface area contributed by atoms with Gasteiger partial charge < -0.3 is 14.4 Å². The van der Waals surface area contributed by atoms with Crippen molar-refractivity contribution in [3.05, 3.63) is 113 Å². The Hall–Kier alpha value is -4.12. The van der Waals surface area contributed by atoms with Crippen molar-refractivity contribution < 1.29 is 19.1 Å². The summed E-state index contributed by atoms with van der Waals surface area (Å²) in [5.74, 6) is -0.727. The van der Waals surface area contributed by atoms with Crippen LogP contribution >= 0.6 is 0 Å². The third kappa shape index (κ3) is 9.43. The third-order valence-electron chi connectivity index (χ3n) is 8.01. The van der Waals surface area contributed by atoms with Crippen LogP contribution in [0.25, 0.3) is 0 Å². The largest absolute Gasteiger partial charge is 0.454 e. The van der Waals surface area contributed by atoms with Crippen LogP contribution < -0.4 is 4.90 Å². The van der Waals surface area contributed by atoms with Gasteiger partial charge in [0.1, 0.15) is 12.2 Å². The summed E-state index contributed by atoms with van der Waals surface area (Å²) in [7, 11) is 0. The van der Waals surface area contributed by atoms with Crippen LogP contribution in [0.15, 0.2) is 91.0 Å². The predicted molar refractivity (Wildman–Crippen MR) is 186 cm³/mol. The molecular weight excluding hydrogens is 558 g/mol. The lowest BCUT2D eigenvalue weighted by Crippen LogP contribution is -2.16. The summed E-state index contributed by atoms with van der Waals surface area (Å²) >= 11 is 0. The molecule has 0 fully saturated rings. The van der Waals surface area contributed by atoms with Gasteiger partial charge in [0, 0.05) is 28.2 Å². The smallest absolute Gasteiger partial charge is 0.333 e. The average molecular weight is 610 g/mol. The summed E-state index contributed by atoms with van der Waals surface area (Å²) in [5, 5.41) is 0. The first kappa shape index (κ1) is 35.4. The van der Waals surface area contributed by atoms with E-state index in [1.165, 1.54) is 11.1 Å². The maximum Gasteiger partial charge on any atom is 0.333 e. The number of ether oxygens (including phenoxy) is 2. The van der Waals surface area contributed by atoms with Gasteiger partial charge in [-0.25, -0.2) is 9.59 Å². The van der Waals surface area contributed by atoms with E-state index in [2.05, 4.69) is 92.6 Å². The Morgan fingerprint density at radius 3 is 1.42 bits per heavy atom. The molecule has 0 aliphatic carbocycles. The van der Waals surface area contributed by atoms with Gasteiger partial charge in [0.2, 0.25) is 0 Å². The standard InChI is InChI=1S/C40H51NO4/c1-9-13-18-30-26-33(22-24-35(30)37(11-3)44-39(42)28(5)6)41(32-20-16-15-17-21-32)34-23-25-36(31(27-34)19-14-10-2)38(12-4)45-40(43)29(7)8/h15-17,20-27,37-38H,5,7,9-14,18-19H2,1-4,6,8H3. The van der Waals surface area contributed by atoms with Crippen molar-refractivity contribution in [1.29, 1.82) is 0 Å². The molecule has 0 saturated heterocycles. The minimum atomic E-state index is -0.364. The zero-order chi connectivity index (χ0) is 32.9. The summed E-state index contributed by atoms with van der Waals surface area (Å²) in [6.45, 7) is 19.4. The third-order valence-corrected chi connectivity index (χ3v) is 8.01. The van der Waals surface area contributed by atoms with Crippen molar-refractivity contribution in [2.45, 2.75) is 105 Å². The second kappa shape index (κ2) is 17.4. The highest BCUT2D eigenvalue weighted by atomic mass is 16.5. The predicted octanol–water partition coefficient (Wildman–Crippen LogP) is 11.0. The highest BCUT2D eigenvalue weighted by Gasteiger charge is 2.23. The molecule has 0 bridgehead atoms. The number of esters is 2. The van der Waals surface area contributed by atoms with Crippen LogP contribution in [0.3, 0.4) is 0 Å². The molecule has 240 valence electrons. The fraction of sp³-hybridized carbons (Fsp3) is 0.400. The Kier molecular flexibility index (Phi) is 13.7. The van der Waals surface area contributed by atoms with Crippen LogP contribution in [0.2, 0.25) is 0 Å². The number of rotatable bonds is 17. The lowest BCUT2D eigenvalue weighted by atomic mass is 9.94. The van der Waals surface area contributed by atoms with E-state index in [0.717, 1.165) is 66.7 Å². The Bertz CT molecular complexity index is 1370. The molecule has 45 heavy (non-hydrogen) atoms. The molecule has 3 aromatic carbocycles. The number of nitrogens with zero attached hydrogens (tertiary/aromatic N) is 1. The molecule has 0 aliphatic heterocycles. The van der Waals surface area contributed by atoms with Crippen molar-refractivity contribution in [2.24, 2.45) is 0 Å². The van der Waals surface area contributed by atoms with Gasteiger partial charge in [-0.05, 0) is 111 Å². The first-order chi connectivity index (χ1) is 21.6. The van der Waals surface area contributed by atoms with E-state index < -0.39 is 0 Å². The maximum atomic E-state index is 12.5. The van der Waals surface area contributed by atoms with Crippen molar-refractivity contribution in [2.75, 3.05) is 4.90 Å². The lowest BCUT2D eigenvalue weighted by Gasteiger charge is -2.29. The summed E-state index contributed by atoms with van der Waals surface area (Å²) < 4.78 is 11.8. The molecule has 3 aromatic rings. The molecule has 0 amide bonds. The number of carbonyl (C=O) groups excluding carboxylic acids is 2. The zero-order valence-electron chi connectivity index (χ0n) is 28.2. The van der Waals surface area contributed by atoms with Gasteiger partial charge in [0.05, 0.1) is 0 Å². The normalized spacial score (nSPS) is 12.2. The van der Waals surface area contributed by atoms with Gasteiger partial charge in [-0.3, -0.25) is 0 Å². The van der Waals surface area contributed by atoms with Gasteiger partial charge in [-0.15, -0.1) is 0 Å². The SMILES string of the molecule is C=C(C)C(=O)OC(CC)c1ccc(N(c2ccccc2)c2ccc(C(CC)OC(=O)C(=C)C)c(CCCC)c2)cc1CCCC. The van der Waals surface area contributed by atoms with Gasteiger partial charge in [-0.1, -0.05) is 84.0 Å². The molecule has 0 radical (unpaired) electrons. The molecule has 0 saturated carbocycles. The van der Waals surface area contributed by atoms with E-state index in [1.807, 2.05) is 19.9 Å². The first-order valence-electron chi connectivity index (χ1n) is 16.5. The minimum absolute atomic E-state index is 0.340. The summed E-state index contributed by atoms with van der Waals surface area (Å²) in [4.78, 5) is 27.3. The molecule has 5 heteroatoms. The summed E-state index contributed by atoms with van der Waals surface area (Å²) in [6.07, 6.45) is 6.63. The summed E-state index contributed by atoms with van der Waals surface area (Å²) in [6, 6.07) is 23.3. The number of hydrogen-bond donors (Lipinski definition) is 0. The second-order valence-corrected chi connectivity index (χ2v) is 11.8. The molecule has 3 rings (SSSR count). The quantitative estimate of drug-likeness (QED) is 0.113. The number of hydrogen-bond acceptors (Lipinski definition) is 5. The van der Waals surface area contributed by atoms with Crippen LogP contribution in [0, 0.1) is 0 Å². The topological polar surface area (TPSA) is 55.8 Å². The van der Waals surface area contributed by atoms with Crippen molar-refractivity contribution in [3.63, 3.8) is 0 Å². The maximum absolute atomic E-state index is 12.5. The first-order valence-corrected chi connectivity index (χ1v) is 16.5. The highest BCUT2D eigenvalue weighted by Crippen LogP contribution is 2.40. The Morgan fingerprint density at radius 1 is 0.644 bits per heavy atom. The molecule has 0 spiro atoms. The number of unbranched alkanes of at least 4 members (excludes halogenated alkanes) is 2. The number of carbonyl (C=O) groups is 2. The van der Waals surface area contributed by atoms with Crippen LogP contribution in [0.1, 0.15) is 115 Å². The molecule has 0 heterocycles. The zero-order valence-corrected chi connectivity index (χ0v) is 28.2. The van der Waals surface area contributed by atoms with E-state index in [0.29, 0.717) is 24.0 Å². The molecule has 0 aromatic heterocycles. The van der Waals surface area contributed by atoms with E-state index >= 15 is 0 Å². The Balaban J connectivity index is 2.18. The highest BCUT2D eigenvalue weighted by molar-refractivity contribution is 5.87. The van der Waals surface area contributed by atoms with E-state index in [9.17, 15) is 9.59 Å². The lowest BCUT2D eigenvalue weighted by molar-refractivity contribution is -0.145. The molecular formula is C40H51NO4. The van der Waals surface area contributed by atoms with Gasteiger partial charge >= 0.3 is 11.9 Å². The van der Waals surface area contributed by atoms with E-state index in [4.69, 9.17) is 9.47 Å². The second-order valence-electron chi connectivity index (χ2n) is 11.8. The number of benzene rings is 3. The van der Waals surface area contributed by atoms with Crippen molar-refractivity contribution >= 4 is 29.0 Å². The van der Waals surface area contributed by atoms with Crippen molar-refractivity contribution in [3.8, 4) is 0 Å². The number of aryl methyl sites for hydroxylation is 2. The van der Waals surface area contributed by atoms with Crippen LogP contribution in [-0.4, -0.2) is 11.9 Å². The Labute approximate surface area is 271 Å². The fourth-order valence-electron chi connectivity index (χ4n) is 5.48. The van der Waals surface area contributed by atoms with Crippen LogP contribution in [0.5, 0.6) is 0 Å². The Morgan fingerprint density at radius 2 is 1.07 bits per heavy atom.